The van der Waals surface area contributed by atoms with E-state index in [-0.39, 0.29) is 24.2 Å². The van der Waals surface area contributed by atoms with Crippen LogP contribution in [-0.4, -0.2) is 0 Å². The third-order valence-corrected chi connectivity index (χ3v) is 9.71. The van der Waals surface area contributed by atoms with Gasteiger partial charge < -0.3 is 4.42 Å². The lowest BCUT2D eigenvalue weighted by atomic mass is 9.85. The normalized spacial score (nSPS) is 12.8. The number of rotatable bonds is 4. The Morgan fingerprint density at radius 3 is 1.76 bits per heavy atom. The fourth-order valence-electron chi connectivity index (χ4n) is 7.46. The van der Waals surface area contributed by atoms with Crippen molar-refractivity contribution >= 4 is 54.3 Å². The first-order chi connectivity index (χ1) is 26.0. The van der Waals surface area contributed by atoms with E-state index in [0.717, 1.165) is 71.1 Å². The Hall–Kier alpha value is -6.44. The van der Waals surface area contributed by atoms with Gasteiger partial charge in [0.1, 0.15) is 11.2 Å². The molecule has 0 unspecified atom stereocenters. The highest BCUT2D eigenvalue weighted by atomic mass is 16.3. The first-order valence-corrected chi connectivity index (χ1v) is 16.5. The van der Waals surface area contributed by atoms with Gasteiger partial charge >= 0.3 is 0 Å². The van der Waals surface area contributed by atoms with Gasteiger partial charge in [0.25, 0.3) is 0 Å². The van der Waals surface area contributed by atoms with Crippen LogP contribution >= 0.6 is 0 Å². The first kappa shape index (κ1) is 23.8. The molecule has 0 saturated carbocycles. The van der Waals surface area contributed by atoms with Gasteiger partial charge in [-0.1, -0.05) is 158 Å². The predicted molar refractivity (Wildman–Crippen MR) is 208 cm³/mol. The van der Waals surface area contributed by atoms with Crippen molar-refractivity contribution < 1.29 is 9.90 Å². The second kappa shape index (κ2) is 11.1. The Labute approximate surface area is 289 Å². The number of fused-ring (bicyclic) bond motifs is 6. The van der Waals surface area contributed by atoms with Gasteiger partial charge in [-0.3, -0.25) is 0 Å². The molecule has 1 heterocycles. The van der Waals surface area contributed by atoms with Gasteiger partial charge in [0.15, 0.2) is 0 Å². The van der Waals surface area contributed by atoms with Crippen molar-refractivity contribution in [1.29, 1.82) is 0 Å². The Morgan fingerprint density at radius 1 is 0.388 bits per heavy atom. The SMILES string of the molecule is [2H]c1c([2H])c(-c2ccc3oc4c(-c5ccc6ccccc6c5)cccc4c3c2)c([2H])c(-c2c3ccccc3c(-c3ccccc3)c3ccccc23)c1[2H]. The maximum atomic E-state index is 9.77. The number of benzene rings is 9. The zero-order valence-corrected chi connectivity index (χ0v) is 26.4. The van der Waals surface area contributed by atoms with Gasteiger partial charge in [-0.05, 0) is 95.5 Å². The quantitative estimate of drug-likeness (QED) is 0.177. The highest BCUT2D eigenvalue weighted by Crippen LogP contribution is 2.44. The van der Waals surface area contributed by atoms with Crippen molar-refractivity contribution in [3.63, 3.8) is 0 Å². The molecule has 0 aliphatic carbocycles. The third kappa shape index (κ3) is 4.47. The molecule has 0 fully saturated rings. The Bertz CT molecular complexity index is 3050. The number of furan rings is 1. The van der Waals surface area contributed by atoms with Gasteiger partial charge in [-0.15, -0.1) is 0 Å². The molecule has 1 aromatic heterocycles. The molecule has 0 N–H and O–H groups in total. The van der Waals surface area contributed by atoms with Crippen LogP contribution in [0, 0.1) is 0 Å². The predicted octanol–water partition coefficient (Wildman–Crippen LogP) is 13.7. The summed E-state index contributed by atoms with van der Waals surface area (Å²) < 4.78 is 43.8. The highest BCUT2D eigenvalue weighted by Gasteiger charge is 2.18. The fourth-order valence-corrected chi connectivity index (χ4v) is 7.46. The summed E-state index contributed by atoms with van der Waals surface area (Å²) in [4.78, 5) is 0. The molecule has 49 heavy (non-hydrogen) atoms. The second-order valence-electron chi connectivity index (χ2n) is 12.5. The third-order valence-electron chi connectivity index (χ3n) is 9.71. The molecule has 0 amide bonds. The van der Waals surface area contributed by atoms with Crippen molar-refractivity contribution in [2.45, 2.75) is 0 Å². The summed E-state index contributed by atoms with van der Waals surface area (Å²) in [6.07, 6.45) is 0. The fraction of sp³-hybridized carbons (Fsp3) is 0. The van der Waals surface area contributed by atoms with Crippen LogP contribution < -0.4 is 0 Å². The van der Waals surface area contributed by atoms with E-state index in [4.69, 9.17) is 7.16 Å². The molecule has 10 rings (SSSR count). The molecule has 0 bridgehead atoms. The summed E-state index contributed by atoms with van der Waals surface area (Å²) in [7, 11) is 0. The first-order valence-electron chi connectivity index (χ1n) is 18.5. The van der Waals surface area contributed by atoms with E-state index >= 15 is 0 Å². The summed E-state index contributed by atoms with van der Waals surface area (Å²) >= 11 is 0. The van der Waals surface area contributed by atoms with E-state index in [9.17, 15) is 2.74 Å². The number of hydrogen-bond acceptors (Lipinski definition) is 1. The van der Waals surface area contributed by atoms with Crippen LogP contribution in [-0.2, 0) is 0 Å². The molecular formula is C48H30O. The summed E-state index contributed by atoms with van der Waals surface area (Å²) in [5, 5.41) is 7.93. The molecule has 0 radical (unpaired) electrons. The molecule has 228 valence electrons. The van der Waals surface area contributed by atoms with E-state index in [2.05, 4.69) is 60.7 Å². The molecular weight excluding hydrogens is 593 g/mol. The topological polar surface area (TPSA) is 13.1 Å². The lowest BCUT2D eigenvalue weighted by Crippen LogP contribution is -1.91. The summed E-state index contributed by atoms with van der Waals surface area (Å²) in [5.41, 5.74) is 7.72. The lowest BCUT2D eigenvalue weighted by molar-refractivity contribution is 0.670. The molecule has 10 aromatic rings. The average Bonchev–Trinajstić information content (AvgIpc) is 3.58. The van der Waals surface area contributed by atoms with Crippen molar-refractivity contribution in [3.8, 4) is 44.5 Å². The number of para-hydroxylation sites is 1. The molecule has 0 atom stereocenters. The minimum atomic E-state index is -0.206. The van der Waals surface area contributed by atoms with Crippen LogP contribution in [0.15, 0.2) is 186 Å². The largest absolute Gasteiger partial charge is 0.455 e. The molecule has 0 saturated heterocycles. The maximum Gasteiger partial charge on any atom is 0.143 e. The zero-order chi connectivity index (χ0) is 35.8. The molecule has 0 aliphatic rings. The summed E-state index contributed by atoms with van der Waals surface area (Å²) in [5.74, 6) is 0. The molecule has 0 aliphatic heterocycles. The molecule has 1 heteroatoms. The van der Waals surface area contributed by atoms with Gasteiger partial charge in [-0.2, -0.15) is 0 Å². The second-order valence-corrected chi connectivity index (χ2v) is 12.5. The van der Waals surface area contributed by atoms with Gasteiger partial charge in [0, 0.05) is 16.3 Å². The molecule has 1 nitrogen and oxygen atoms in total. The average molecular weight is 627 g/mol. The zero-order valence-electron chi connectivity index (χ0n) is 30.4. The van der Waals surface area contributed by atoms with Crippen LogP contribution in [0.25, 0.3) is 98.8 Å². The van der Waals surface area contributed by atoms with Crippen LogP contribution in [0.2, 0.25) is 0 Å². The Balaban J connectivity index is 1.21. The van der Waals surface area contributed by atoms with Gasteiger partial charge in [0.05, 0.1) is 5.48 Å². The molecule has 0 spiro atoms. The number of hydrogen-bond donors (Lipinski definition) is 0. The van der Waals surface area contributed by atoms with E-state index in [1.54, 1.807) is 0 Å². The van der Waals surface area contributed by atoms with Crippen molar-refractivity contribution in [2.75, 3.05) is 0 Å². The van der Waals surface area contributed by atoms with Crippen molar-refractivity contribution in [3.05, 3.63) is 182 Å². The van der Waals surface area contributed by atoms with Crippen LogP contribution in [0.5, 0.6) is 0 Å². The van der Waals surface area contributed by atoms with E-state index in [0.29, 0.717) is 22.3 Å². The summed E-state index contributed by atoms with van der Waals surface area (Å²) in [6.45, 7) is 0. The van der Waals surface area contributed by atoms with Crippen LogP contribution in [0.4, 0.5) is 0 Å². The monoisotopic (exact) mass is 626 g/mol. The Kier molecular flexibility index (Phi) is 5.38. The maximum absolute atomic E-state index is 9.77. The molecule has 9 aromatic carbocycles. The van der Waals surface area contributed by atoms with Crippen LogP contribution in [0.3, 0.4) is 0 Å². The highest BCUT2D eigenvalue weighted by molar-refractivity contribution is 6.21. The van der Waals surface area contributed by atoms with Crippen LogP contribution in [0.1, 0.15) is 5.48 Å². The van der Waals surface area contributed by atoms with Gasteiger partial charge in [0.2, 0.25) is 0 Å². The lowest BCUT2D eigenvalue weighted by Gasteiger charge is -2.18. The summed E-state index contributed by atoms with van der Waals surface area (Å²) in [6, 6.07) is 52.7. The van der Waals surface area contributed by atoms with Crippen molar-refractivity contribution in [2.24, 2.45) is 0 Å². The van der Waals surface area contributed by atoms with Crippen molar-refractivity contribution in [1.82, 2.24) is 0 Å². The standard InChI is InChI=1S/C48H30O/c1-2-13-32(14-3-1)46-39-18-6-8-20-41(39)47(42-21-9-7-19-40(42)46)37-17-10-16-34(29-37)35-26-27-45-44(30-35)43-23-11-22-38(48(43)49-45)36-25-24-31-12-4-5-15-33(31)28-36/h1-30H/i10D,16D,17D,29D. The van der Waals surface area contributed by atoms with E-state index in [1.807, 2.05) is 97.1 Å². The smallest absolute Gasteiger partial charge is 0.143 e. The minimum Gasteiger partial charge on any atom is -0.455 e. The van der Waals surface area contributed by atoms with E-state index in [1.165, 1.54) is 5.39 Å². The minimum absolute atomic E-state index is 0.0581. The van der Waals surface area contributed by atoms with Gasteiger partial charge in [-0.25, -0.2) is 0 Å². The Morgan fingerprint density at radius 2 is 1.00 bits per heavy atom. The van der Waals surface area contributed by atoms with E-state index < -0.39 is 0 Å².